The summed E-state index contributed by atoms with van der Waals surface area (Å²) in [5.41, 5.74) is 5.88. The second kappa shape index (κ2) is 4.81. The van der Waals surface area contributed by atoms with Crippen molar-refractivity contribution in [1.82, 2.24) is 5.32 Å². The lowest BCUT2D eigenvalue weighted by molar-refractivity contribution is 0.305. The van der Waals surface area contributed by atoms with E-state index in [1.807, 2.05) is 12.1 Å². The minimum atomic E-state index is 0.305. The largest absolute Gasteiger partial charge is 0.468 e. The van der Waals surface area contributed by atoms with Gasteiger partial charge in [0, 0.05) is 12.1 Å². The van der Waals surface area contributed by atoms with Gasteiger partial charge in [0.25, 0.3) is 0 Å². The molecule has 1 heterocycles. The molecule has 0 aliphatic heterocycles. The van der Waals surface area contributed by atoms with Crippen molar-refractivity contribution >= 4 is 0 Å². The minimum Gasteiger partial charge on any atom is -0.468 e. The number of nitrogens with one attached hydrogen (secondary N) is 1. The molecular weight excluding hydrogens is 188 g/mol. The first-order valence-electron chi connectivity index (χ1n) is 5.80. The second-order valence-corrected chi connectivity index (χ2v) is 4.52. The summed E-state index contributed by atoms with van der Waals surface area (Å²) >= 11 is 0. The van der Waals surface area contributed by atoms with Crippen LogP contribution in [0.1, 0.15) is 44.4 Å². The molecule has 3 heteroatoms. The van der Waals surface area contributed by atoms with E-state index in [2.05, 4.69) is 12.2 Å². The SMILES string of the molecule is C[C@H](NC1CCC(N)CC1)c1ccco1. The van der Waals surface area contributed by atoms with Gasteiger partial charge in [0.2, 0.25) is 0 Å². The fourth-order valence-corrected chi connectivity index (χ4v) is 2.26. The lowest BCUT2D eigenvalue weighted by Crippen LogP contribution is -2.38. The van der Waals surface area contributed by atoms with Crippen LogP contribution in [-0.2, 0) is 0 Å². The molecule has 3 N–H and O–H groups in total. The lowest BCUT2D eigenvalue weighted by atomic mass is 9.91. The van der Waals surface area contributed by atoms with Gasteiger partial charge in [-0.2, -0.15) is 0 Å². The molecule has 15 heavy (non-hydrogen) atoms. The highest BCUT2D eigenvalue weighted by Crippen LogP contribution is 2.21. The predicted octanol–water partition coefficient (Wildman–Crippen LogP) is 2.20. The Hall–Kier alpha value is -0.800. The monoisotopic (exact) mass is 208 g/mol. The Morgan fingerprint density at radius 1 is 1.40 bits per heavy atom. The highest BCUT2D eigenvalue weighted by atomic mass is 16.3. The van der Waals surface area contributed by atoms with Gasteiger partial charge in [0.1, 0.15) is 5.76 Å². The topological polar surface area (TPSA) is 51.2 Å². The van der Waals surface area contributed by atoms with Gasteiger partial charge in [-0.3, -0.25) is 0 Å². The Kier molecular flexibility index (Phi) is 3.44. The van der Waals surface area contributed by atoms with E-state index in [1.165, 1.54) is 12.8 Å². The van der Waals surface area contributed by atoms with Crippen molar-refractivity contribution < 1.29 is 4.42 Å². The van der Waals surface area contributed by atoms with Crippen molar-refractivity contribution in [3.63, 3.8) is 0 Å². The van der Waals surface area contributed by atoms with E-state index in [0.29, 0.717) is 18.1 Å². The summed E-state index contributed by atoms with van der Waals surface area (Å²) in [4.78, 5) is 0. The molecule has 1 aromatic heterocycles. The average molecular weight is 208 g/mol. The molecule has 1 saturated carbocycles. The van der Waals surface area contributed by atoms with Crippen molar-refractivity contribution in [3.05, 3.63) is 24.2 Å². The van der Waals surface area contributed by atoms with Gasteiger partial charge >= 0.3 is 0 Å². The molecule has 1 aliphatic carbocycles. The minimum absolute atomic E-state index is 0.305. The second-order valence-electron chi connectivity index (χ2n) is 4.52. The van der Waals surface area contributed by atoms with Gasteiger partial charge in [-0.15, -0.1) is 0 Å². The molecular formula is C12H20N2O. The summed E-state index contributed by atoms with van der Waals surface area (Å²) in [6.07, 6.45) is 6.38. The van der Waals surface area contributed by atoms with E-state index in [1.54, 1.807) is 6.26 Å². The Morgan fingerprint density at radius 2 is 2.13 bits per heavy atom. The molecule has 0 amide bonds. The molecule has 1 aliphatic rings. The van der Waals surface area contributed by atoms with Crippen LogP contribution in [0.5, 0.6) is 0 Å². The van der Waals surface area contributed by atoms with Crippen molar-refractivity contribution in [3.8, 4) is 0 Å². The third-order valence-corrected chi connectivity index (χ3v) is 3.23. The predicted molar refractivity (Wildman–Crippen MR) is 60.5 cm³/mol. The molecule has 0 unspecified atom stereocenters. The molecule has 84 valence electrons. The first kappa shape index (κ1) is 10.7. The van der Waals surface area contributed by atoms with E-state index in [4.69, 9.17) is 10.2 Å². The fraction of sp³-hybridized carbons (Fsp3) is 0.667. The Balaban J connectivity index is 1.82. The number of furan rings is 1. The van der Waals surface area contributed by atoms with Gasteiger partial charge < -0.3 is 15.5 Å². The summed E-state index contributed by atoms with van der Waals surface area (Å²) in [6, 6.07) is 5.28. The van der Waals surface area contributed by atoms with Crippen molar-refractivity contribution in [2.24, 2.45) is 5.73 Å². The number of hydrogen-bond donors (Lipinski definition) is 2. The highest BCUT2D eigenvalue weighted by molar-refractivity contribution is 5.03. The van der Waals surface area contributed by atoms with E-state index in [-0.39, 0.29) is 0 Å². The molecule has 0 aromatic carbocycles. The highest BCUT2D eigenvalue weighted by Gasteiger charge is 2.20. The number of hydrogen-bond acceptors (Lipinski definition) is 3. The maximum atomic E-state index is 5.88. The normalized spacial score (nSPS) is 28.9. The third-order valence-electron chi connectivity index (χ3n) is 3.23. The van der Waals surface area contributed by atoms with E-state index in [0.717, 1.165) is 18.6 Å². The molecule has 1 aromatic rings. The van der Waals surface area contributed by atoms with Crippen molar-refractivity contribution in [2.45, 2.75) is 50.7 Å². The van der Waals surface area contributed by atoms with E-state index in [9.17, 15) is 0 Å². The maximum Gasteiger partial charge on any atom is 0.120 e. The molecule has 1 atom stereocenters. The van der Waals surface area contributed by atoms with Gasteiger partial charge in [-0.05, 0) is 44.7 Å². The summed E-state index contributed by atoms with van der Waals surface area (Å²) in [5.74, 6) is 1.02. The van der Waals surface area contributed by atoms with Crippen LogP contribution in [0.4, 0.5) is 0 Å². The summed E-state index contributed by atoms with van der Waals surface area (Å²) < 4.78 is 5.37. The Bertz CT molecular complexity index is 276. The Morgan fingerprint density at radius 3 is 2.73 bits per heavy atom. The smallest absolute Gasteiger partial charge is 0.120 e. The fourth-order valence-electron chi connectivity index (χ4n) is 2.26. The standard InChI is InChI=1S/C12H20N2O/c1-9(12-3-2-8-15-12)14-11-6-4-10(13)5-7-11/h2-3,8-11,14H,4-7,13H2,1H3/t9-,10?,11?/m0/s1. The van der Waals surface area contributed by atoms with Crippen LogP contribution >= 0.6 is 0 Å². The molecule has 0 spiro atoms. The van der Waals surface area contributed by atoms with Crippen LogP contribution in [-0.4, -0.2) is 12.1 Å². The van der Waals surface area contributed by atoms with E-state index >= 15 is 0 Å². The average Bonchev–Trinajstić information content (AvgIpc) is 2.74. The summed E-state index contributed by atoms with van der Waals surface area (Å²) in [6.45, 7) is 2.15. The van der Waals surface area contributed by atoms with Gasteiger partial charge in [0.15, 0.2) is 0 Å². The van der Waals surface area contributed by atoms with Crippen LogP contribution in [0.3, 0.4) is 0 Å². The number of rotatable bonds is 3. The molecule has 0 bridgehead atoms. The van der Waals surface area contributed by atoms with Crippen molar-refractivity contribution in [2.75, 3.05) is 0 Å². The summed E-state index contributed by atoms with van der Waals surface area (Å²) in [5, 5.41) is 3.59. The van der Waals surface area contributed by atoms with Gasteiger partial charge in [-0.25, -0.2) is 0 Å². The van der Waals surface area contributed by atoms with Crippen LogP contribution in [0.2, 0.25) is 0 Å². The zero-order valence-electron chi connectivity index (χ0n) is 9.28. The van der Waals surface area contributed by atoms with Gasteiger partial charge in [0.05, 0.1) is 12.3 Å². The zero-order chi connectivity index (χ0) is 10.7. The zero-order valence-corrected chi connectivity index (χ0v) is 9.28. The van der Waals surface area contributed by atoms with E-state index < -0.39 is 0 Å². The van der Waals surface area contributed by atoms with Crippen LogP contribution in [0.15, 0.2) is 22.8 Å². The first-order chi connectivity index (χ1) is 7.25. The van der Waals surface area contributed by atoms with Crippen LogP contribution in [0, 0.1) is 0 Å². The molecule has 1 fully saturated rings. The lowest BCUT2D eigenvalue weighted by Gasteiger charge is -2.28. The Labute approximate surface area is 91.0 Å². The van der Waals surface area contributed by atoms with Crippen molar-refractivity contribution in [1.29, 1.82) is 0 Å². The van der Waals surface area contributed by atoms with Crippen LogP contribution in [0.25, 0.3) is 0 Å². The number of nitrogens with two attached hydrogens (primary N) is 1. The van der Waals surface area contributed by atoms with Crippen LogP contribution < -0.4 is 11.1 Å². The maximum absolute atomic E-state index is 5.88. The third kappa shape index (κ3) is 2.83. The molecule has 0 radical (unpaired) electrons. The molecule has 2 rings (SSSR count). The summed E-state index contributed by atoms with van der Waals surface area (Å²) in [7, 11) is 0. The molecule has 3 nitrogen and oxygen atoms in total. The molecule has 0 saturated heterocycles. The quantitative estimate of drug-likeness (QED) is 0.800. The van der Waals surface area contributed by atoms with Gasteiger partial charge in [-0.1, -0.05) is 0 Å². The first-order valence-corrected chi connectivity index (χ1v) is 5.80.